The quantitative estimate of drug-likeness (QED) is 0.513. The number of amides is 3. The molecule has 0 saturated carbocycles. The van der Waals surface area contributed by atoms with Crippen LogP contribution in [0.5, 0.6) is 0 Å². The minimum atomic E-state index is -0.301. The van der Waals surface area contributed by atoms with Crippen molar-refractivity contribution in [1.82, 2.24) is 4.90 Å². The summed E-state index contributed by atoms with van der Waals surface area (Å²) in [6.07, 6.45) is 1.77. The maximum atomic E-state index is 12.7. The van der Waals surface area contributed by atoms with Crippen molar-refractivity contribution in [2.75, 3.05) is 50.8 Å². The van der Waals surface area contributed by atoms with Gasteiger partial charge < -0.3 is 19.9 Å². The van der Waals surface area contributed by atoms with Gasteiger partial charge in [0.15, 0.2) is 6.04 Å². The highest BCUT2D eigenvalue weighted by Crippen LogP contribution is 2.23. The smallest absolute Gasteiger partial charge is 0.288 e. The van der Waals surface area contributed by atoms with Gasteiger partial charge in [0, 0.05) is 18.7 Å². The number of hydrogen-bond acceptors (Lipinski definition) is 4. The summed E-state index contributed by atoms with van der Waals surface area (Å²) in [7, 11) is 0. The van der Waals surface area contributed by atoms with Crippen LogP contribution in [0.3, 0.4) is 0 Å². The number of rotatable bonds is 7. The highest BCUT2D eigenvalue weighted by Gasteiger charge is 2.41. The van der Waals surface area contributed by atoms with E-state index in [0.29, 0.717) is 13.0 Å². The van der Waals surface area contributed by atoms with Gasteiger partial charge in [-0.1, -0.05) is 12.1 Å². The number of nitrogens with one attached hydrogen (secondary N) is 1. The average Bonchev–Trinajstić information content (AvgIpc) is 3.28. The fourth-order valence-electron chi connectivity index (χ4n) is 4.34. The standard InChI is InChI=1S/C21H28N4O4/c26-19-2-1-8-24(19)17-5-3-16(4-6-17)15-25-20(27)14-18(21(25)28)22-7-9-23-10-12-29-13-11-23/h3-6,18,22H,1-2,7-15H2/p+2/t18-/m0/s1. The molecule has 0 unspecified atom stereocenters. The zero-order chi connectivity index (χ0) is 20.2. The summed E-state index contributed by atoms with van der Waals surface area (Å²) >= 11 is 0. The number of likely N-dealkylation sites (tertiary alicyclic amines) is 1. The van der Waals surface area contributed by atoms with E-state index in [1.165, 1.54) is 9.80 Å². The number of imide groups is 1. The van der Waals surface area contributed by atoms with Crippen LogP contribution in [0.2, 0.25) is 0 Å². The molecular weight excluding hydrogens is 372 g/mol. The van der Waals surface area contributed by atoms with Crippen LogP contribution in [-0.2, 0) is 25.7 Å². The van der Waals surface area contributed by atoms with E-state index >= 15 is 0 Å². The van der Waals surface area contributed by atoms with Crippen LogP contribution in [0, 0.1) is 0 Å². The van der Waals surface area contributed by atoms with Gasteiger partial charge in [-0.15, -0.1) is 0 Å². The fraction of sp³-hybridized carbons (Fsp3) is 0.571. The van der Waals surface area contributed by atoms with Gasteiger partial charge >= 0.3 is 0 Å². The second kappa shape index (κ2) is 9.02. The van der Waals surface area contributed by atoms with Crippen molar-refractivity contribution in [1.29, 1.82) is 0 Å². The first-order valence-corrected chi connectivity index (χ1v) is 10.6. The summed E-state index contributed by atoms with van der Waals surface area (Å²) < 4.78 is 5.37. The summed E-state index contributed by atoms with van der Waals surface area (Å²) in [6, 6.07) is 7.31. The molecule has 0 aromatic heterocycles. The Morgan fingerprint density at radius 3 is 2.52 bits per heavy atom. The minimum absolute atomic E-state index is 0.0919. The molecule has 3 saturated heterocycles. The molecule has 1 atom stereocenters. The predicted molar refractivity (Wildman–Crippen MR) is 105 cm³/mol. The van der Waals surface area contributed by atoms with Gasteiger partial charge in [-0.2, -0.15) is 0 Å². The molecule has 0 bridgehead atoms. The summed E-state index contributed by atoms with van der Waals surface area (Å²) in [4.78, 5) is 41.6. The second-order valence-corrected chi connectivity index (χ2v) is 8.08. The van der Waals surface area contributed by atoms with Crippen LogP contribution in [0.15, 0.2) is 24.3 Å². The predicted octanol–water partition coefficient (Wildman–Crippen LogP) is -2.08. The van der Waals surface area contributed by atoms with E-state index < -0.39 is 0 Å². The highest BCUT2D eigenvalue weighted by molar-refractivity contribution is 6.04. The summed E-state index contributed by atoms with van der Waals surface area (Å²) in [5.41, 5.74) is 1.78. The van der Waals surface area contributed by atoms with Gasteiger partial charge in [0.1, 0.15) is 26.2 Å². The topological polar surface area (TPSA) is 88.0 Å². The number of benzene rings is 1. The number of quaternary nitrogens is 2. The minimum Gasteiger partial charge on any atom is -0.370 e. The third-order valence-corrected chi connectivity index (χ3v) is 6.09. The molecule has 3 heterocycles. The molecule has 3 fully saturated rings. The molecule has 156 valence electrons. The lowest BCUT2D eigenvalue weighted by molar-refractivity contribution is -0.920. The molecule has 1 aromatic rings. The molecule has 8 heteroatoms. The summed E-state index contributed by atoms with van der Waals surface area (Å²) in [6.45, 7) is 6.50. The third-order valence-electron chi connectivity index (χ3n) is 6.09. The van der Waals surface area contributed by atoms with Gasteiger partial charge in [0.2, 0.25) is 11.8 Å². The zero-order valence-electron chi connectivity index (χ0n) is 16.8. The maximum absolute atomic E-state index is 12.7. The number of ether oxygens (including phenoxy) is 1. The Kier molecular flexibility index (Phi) is 6.22. The molecule has 0 aliphatic carbocycles. The van der Waals surface area contributed by atoms with E-state index in [9.17, 15) is 14.4 Å². The molecule has 4 rings (SSSR count). The Labute approximate surface area is 170 Å². The van der Waals surface area contributed by atoms with Crippen molar-refractivity contribution in [3.63, 3.8) is 0 Å². The van der Waals surface area contributed by atoms with Gasteiger partial charge in [0.25, 0.3) is 5.91 Å². The molecule has 3 N–H and O–H groups in total. The zero-order valence-corrected chi connectivity index (χ0v) is 16.8. The normalized spacial score (nSPS) is 23.4. The number of hydrogen-bond donors (Lipinski definition) is 2. The molecule has 3 amide bonds. The number of anilines is 1. The number of nitrogens with zero attached hydrogens (tertiary/aromatic N) is 2. The average molecular weight is 402 g/mol. The molecule has 1 aromatic carbocycles. The third kappa shape index (κ3) is 4.66. The van der Waals surface area contributed by atoms with Crippen LogP contribution in [0.1, 0.15) is 24.8 Å². The van der Waals surface area contributed by atoms with E-state index in [2.05, 4.69) is 0 Å². The Balaban J connectivity index is 1.29. The molecule has 0 radical (unpaired) electrons. The number of nitrogens with two attached hydrogens (primary N) is 1. The van der Waals surface area contributed by atoms with Crippen molar-refractivity contribution >= 4 is 23.4 Å². The molecule has 3 aliphatic heterocycles. The first-order chi connectivity index (χ1) is 14.1. The van der Waals surface area contributed by atoms with Crippen molar-refractivity contribution in [2.45, 2.75) is 31.8 Å². The Hall–Kier alpha value is -2.29. The van der Waals surface area contributed by atoms with Gasteiger partial charge in [0.05, 0.1) is 26.2 Å². The van der Waals surface area contributed by atoms with Crippen LogP contribution < -0.4 is 15.1 Å². The first kappa shape index (κ1) is 20.0. The molecule has 29 heavy (non-hydrogen) atoms. The van der Waals surface area contributed by atoms with E-state index in [-0.39, 0.29) is 30.2 Å². The SMILES string of the molecule is O=C1C[C@H]([NH2+]CC[NH+]2CCOCC2)C(=O)N1Cc1ccc(N2CCCC2=O)cc1. The maximum Gasteiger partial charge on any atom is 0.288 e. The number of morpholine rings is 1. The van der Waals surface area contributed by atoms with E-state index in [1.807, 2.05) is 29.6 Å². The van der Waals surface area contributed by atoms with E-state index in [1.54, 1.807) is 4.90 Å². The van der Waals surface area contributed by atoms with Gasteiger partial charge in [-0.05, 0) is 24.1 Å². The van der Waals surface area contributed by atoms with Gasteiger partial charge in [-0.25, -0.2) is 0 Å². The monoisotopic (exact) mass is 402 g/mol. The van der Waals surface area contributed by atoms with Crippen LogP contribution in [-0.4, -0.2) is 74.6 Å². The molecule has 8 nitrogen and oxygen atoms in total. The Bertz CT molecular complexity index is 760. The number of carbonyl (C=O) groups is 3. The van der Waals surface area contributed by atoms with E-state index in [4.69, 9.17) is 4.74 Å². The highest BCUT2D eigenvalue weighted by atomic mass is 16.5. The van der Waals surface area contributed by atoms with Crippen LogP contribution >= 0.6 is 0 Å². The molecule has 3 aliphatic rings. The number of carbonyl (C=O) groups excluding carboxylic acids is 3. The van der Waals surface area contributed by atoms with Crippen molar-refractivity contribution in [2.24, 2.45) is 0 Å². The van der Waals surface area contributed by atoms with Gasteiger partial charge in [-0.3, -0.25) is 19.3 Å². The lowest BCUT2D eigenvalue weighted by Gasteiger charge is -2.23. The second-order valence-electron chi connectivity index (χ2n) is 8.08. The molecular formula is C21H30N4O4+2. The van der Waals surface area contributed by atoms with E-state index in [0.717, 1.165) is 63.6 Å². The van der Waals surface area contributed by atoms with Crippen molar-refractivity contribution in [3.05, 3.63) is 29.8 Å². The van der Waals surface area contributed by atoms with Crippen LogP contribution in [0.25, 0.3) is 0 Å². The lowest BCUT2D eigenvalue weighted by atomic mass is 10.2. The van der Waals surface area contributed by atoms with Crippen molar-refractivity contribution < 1.29 is 29.3 Å². The Morgan fingerprint density at radius 1 is 1.07 bits per heavy atom. The summed E-state index contributed by atoms with van der Waals surface area (Å²) in [5, 5.41) is 2.02. The summed E-state index contributed by atoms with van der Waals surface area (Å²) in [5.74, 6) is -0.0421. The largest absolute Gasteiger partial charge is 0.370 e. The fourth-order valence-corrected chi connectivity index (χ4v) is 4.34. The lowest BCUT2D eigenvalue weighted by Crippen LogP contribution is -3.16. The first-order valence-electron chi connectivity index (χ1n) is 10.6. The van der Waals surface area contributed by atoms with Crippen LogP contribution in [0.4, 0.5) is 5.69 Å². The molecule has 0 spiro atoms. The Morgan fingerprint density at radius 2 is 1.83 bits per heavy atom. The van der Waals surface area contributed by atoms with Crippen molar-refractivity contribution in [3.8, 4) is 0 Å².